The van der Waals surface area contributed by atoms with Crippen LogP contribution < -0.4 is 9.47 Å². The van der Waals surface area contributed by atoms with Crippen LogP contribution in [0.25, 0.3) is 9.75 Å². The average Bonchev–Trinajstić information content (AvgIpc) is 3.02. The largest absolute Gasteiger partial charge is 0.485 e. The van der Waals surface area contributed by atoms with Crippen LogP contribution in [0.15, 0.2) is 48.2 Å². The van der Waals surface area contributed by atoms with Crippen molar-refractivity contribution in [3.63, 3.8) is 0 Å². The van der Waals surface area contributed by atoms with Gasteiger partial charge in [0.1, 0.15) is 13.2 Å². The van der Waals surface area contributed by atoms with Crippen LogP contribution in [0.3, 0.4) is 0 Å². The van der Waals surface area contributed by atoms with Gasteiger partial charge in [-0.1, -0.05) is 31.4 Å². The third kappa shape index (κ3) is 2.83. The Balaban J connectivity index is 2.30. The van der Waals surface area contributed by atoms with Crippen molar-refractivity contribution < 1.29 is 9.47 Å². The third-order valence-electron chi connectivity index (χ3n) is 2.16. The molecule has 0 atom stereocenters. The number of ether oxygens (including phenoxy) is 2. The molecule has 2 rings (SSSR count). The van der Waals surface area contributed by atoms with Crippen molar-refractivity contribution >= 4 is 22.7 Å². The van der Waals surface area contributed by atoms with Crippen LogP contribution in [-0.4, -0.2) is 13.2 Å². The van der Waals surface area contributed by atoms with Crippen LogP contribution in [0.4, 0.5) is 0 Å². The van der Waals surface area contributed by atoms with E-state index < -0.39 is 0 Å². The zero-order valence-electron chi connectivity index (χ0n) is 9.93. The van der Waals surface area contributed by atoms with Crippen LogP contribution in [0.2, 0.25) is 0 Å². The first-order valence-electron chi connectivity index (χ1n) is 5.49. The van der Waals surface area contributed by atoms with Crippen molar-refractivity contribution in [1.29, 1.82) is 0 Å². The van der Waals surface area contributed by atoms with Crippen LogP contribution in [0.5, 0.6) is 11.5 Å². The Hall–Kier alpha value is -1.52. The average molecular weight is 278 g/mol. The molecule has 0 unspecified atom stereocenters. The molecule has 18 heavy (non-hydrogen) atoms. The highest BCUT2D eigenvalue weighted by molar-refractivity contribution is 7.20. The molecule has 0 spiro atoms. The SMILES string of the molecule is C=CCOc1csc(-c2cccs2)c1OCC=C. The molecule has 4 heteroatoms. The van der Waals surface area contributed by atoms with Crippen LogP contribution in [-0.2, 0) is 0 Å². The van der Waals surface area contributed by atoms with Gasteiger partial charge < -0.3 is 9.47 Å². The van der Waals surface area contributed by atoms with E-state index in [2.05, 4.69) is 24.6 Å². The Labute approximate surface area is 115 Å². The summed E-state index contributed by atoms with van der Waals surface area (Å²) in [7, 11) is 0. The second-order valence-electron chi connectivity index (χ2n) is 3.43. The standard InChI is InChI=1S/C14H14O2S2/c1-3-7-15-11-10-18-14(12-6-5-9-17-12)13(11)16-8-4-2/h3-6,9-10H,1-2,7-8H2. The Bertz CT molecular complexity index is 512. The molecule has 0 radical (unpaired) electrons. The molecule has 94 valence electrons. The van der Waals surface area contributed by atoms with Gasteiger partial charge in [0, 0.05) is 10.3 Å². The molecule has 0 saturated carbocycles. The minimum absolute atomic E-state index is 0.472. The Morgan fingerprint density at radius 1 is 1.11 bits per heavy atom. The van der Waals surface area contributed by atoms with Gasteiger partial charge >= 0.3 is 0 Å². The van der Waals surface area contributed by atoms with Crippen LogP contribution in [0, 0.1) is 0 Å². The molecule has 0 bridgehead atoms. The number of rotatable bonds is 7. The lowest BCUT2D eigenvalue weighted by Crippen LogP contribution is -1.97. The van der Waals surface area contributed by atoms with E-state index >= 15 is 0 Å². The maximum absolute atomic E-state index is 5.72. The van der Waals surface area contributed by atoms with Crippen molar-refractivity contribution in [1.82, 2.24) is 0 Å². The van der Waals surface area contributed by atoms with Crippen LogP contribution in [0.1, 0.15) is 0 Å². The minimum atomic E-state index is 0.472. The van der Waals surface area contributed by atoms with Gasteiger partial charge in [-0.15, -0.1) is 22.7 Å². The van der Waals surface area contributed by atoms with E-state index in [1.54, 1.807) is 34.8 Å². The van der Waals surface area contributed by atoms with E-state index in [0.29, 0.717) is 13.2 Å². The molecule has 0 fully saturated rings. The van der Waals surface area contributed by atoms with E-state index in [0.717, 1.165) is 16.4 Å². The van der Waals surface area contributed by atoms with Gasteiger partial charge in [0.05, 0.1) is 4.88 Å². The van der Waals surface area contributed by atoms with E-state index in [-0.39, 0.29) is 0 Å². The molecule has 0 aliphatic heterocycles. The van der Waals surface area contributed by atoms with Gasteiger partial charge in [0.15, 0.2) is 11.5 Å². The molecule has 0 aliphatic carbocycles. The smallest absolute Gasteiger partial charge is 0.181 e. The number of hydrogen-bond acceptors (Lipinski definition) is 4. The van der Waals surface area contributed by atoms with Crippen molar-refractivity contribution in [3.05, 3.63) is 48.2 Å². The lowest BCUT2D eigenvalue weighted by atomic mass is 10.3. The van der Waals surface area contributed by atoms with Gasteiger partial charge in [-0.05, 0) is 11.4 Å². The molecule has 0 aliphatic rings. The summed E-state index contributed by atoms with van der Waals surface area (Å²) in [5.74, 6) is 1.56. The highest BCUT2D eigenvalue weighted by atomic mass is 32.1. The van der Waals surface area contributed by atoms with Gasteiger partial charge in [0.25, 0.3) is 0 Å². The predicted octanol–water partition coefficient (Wildman–Crippen LogP) is 4.61. The molecule has 0 aromatic carbocycles. The summed E-state index contributed by atoms with van der Waals surface area (Å²) in [6.07, 6.45) is 3.45. The highest BCUT2D eigenvalue weighted by Gasteiger charge is 2.16. The molecule has 0 amide bonds. The predicted molar refractivity (Wildman–Crippen MR) is 79.0 cm³/mol. The Kier molecular flexibility index (Phi) is 4.61. The van der Waals surface area contributed by atoms with Gasteiger partial charge in [-0.3, -0.25) is 0 Å². The summed E-state index contributed by atoms with van der Waals surface area (Å²) >= 11 is 3.32. The summed E-state index contributed by atoms with van der Waals surface area (Å²) in [6, 6.07) is 4.11. The zero-order valence-corrected chi connectivity index (χ0v) is 11.6. The lowest BCUT2D eigenvalue weighted by Gasteiger charge is -2.08. The fraction of sp³-hybridized carbons (Fsp3) is 0.143. The summed E-state index contributed by atoms with van der Waals surface area (Å²) in [4.78, 5) is 2.29. The summed E-state index contributed by atoms with van der Waals surface area (Å²) in [5, 5.41) is 4.02. The number of hydrogen-bond donors (Lipinski definition) is 0. The summed E-state index contributed by atoms with van der Waals surface area (Å²) < 4.78 is 11.3. The molecular formula is C14H14O2S2. The topological polar surface area (TPSA) is 18.5 Å². The van der Waals surface area contributed by atoms with Crippen LogP contribution >= 0.6 is 22.7 Å². The first-order chi connectivity index (χ1) is 8.86. The van der Waals surface area contributed by atoms with Crippen molar-refractivity contribution in [2.75, 3.05) is 13.2 Å². The van der Waals surface area contributed by atoms with E-state index in [1.807, 2.05) is 11.4 Å². The normalized spacial score (nSPS) is 10.0. The van der Waals surface area contributed by atoms with Crippen molar-refractivity contribution in [3.8, 4) is 21.3 Å². The van der Waals surface area contributed by atoms with E-state index in [1.165, 1.54) is 4.88 Å². The second kappa shape index (κ2) is 6.42. The molecular weight excluding hydrogens is 264 g/mol. The monoisotopic (exact) mass is 278 g/mol. The second-order valence-corrected chi connectivity index (χ2v) is 5.26. The first kappa shape index (κ1) is 12.9. The Morgan fingerprint density at radius 2 is 1.89 bits per heavy atom. The lowest BCUT2D eigenvalue weighted by molar-refractivity contribution is 0.312. The highest BCUT2D eigenvalue weighted by Crippen LogP contribution is 2.45. The minimum Gasteiger partial charge on any atom is -0.485 e. The first-order valence-corrected chi connectivity index (χ1v) is 7.25. The summed E-state index contributed by atoms with van der Waals surface area (Å²) in [6.45, 7) is 8.27. The van der Waals surface area contributed by atoms with Crippen molar-refractivity contribution in [2.24, 2.45) is 0 Å². The van der Waals surface area contributed by atoms with Gasteiger partial charge in [-0.2, -0.15) is 0 Å². The quantitative estimate of drug-likeness (QED) is 0.689. The van der Waals surface area contributed by atoms with Gasteiger partial charge in [-0.25, -0.2) is 0 Å². The Morgan fingerprint density at radius 3 is 2.56 bits per heavy atom. The summed E-state index contributed by atoms with van der Waals surface area (Å²) in [5.41, 5.74) is 0. The van der Waals surface area contributed by atoms with Crippen molar-refractivity contribution in [2.45, 2.75) is 0 Å². The van der Waals surface area contributed by atoms with E-state index in [9.17, 15) is 0 Å². The zero-order chi connectivity index (χ0) is 12.8. The maximum atomic E-state index is 5.72. The third-order valence-corrected chi connectivity index (χ3v) is 4.15. The maximum Gasteiger partial charge on any atom is 0.181 e. The molecule has 2 aromatic rings. The van der Waals surface area contributed by atoms with E-state index in [4.69, 9.17) is 9.47 Å². The number of thiophene rings is 2. The molecule has 0 saturated heterocycles. The molecule has 2 aromatic heterocycles. The molecule has 2 nitrogen and oxygen atoms in total. The fourth-order valence-corrected chi connectivity index (χ4v) is 3.24. The van der Waals surface area contributed by atoms with Gasteiger partial charge in [0.2, 0.25) is 0 Å². The molecule has 2 heterocycles. The fourth-order valence-electron chi connectivity index (χ4n) is 1.44. The molecule has 0 N–H and O–H groups in total.